The summed E-state index contributed by atoms with van der Waals surface area (Å²) in [5.74, 6) is -3.24. The fourth-order valence-electron chi connectivity index (χ4n) is 4.15. The molecule has 3 aromatic rings. The van der Waals surface area contributed by atoms with E-state index in [2.05, 4.69) is 7.05 Å². The molecule has 1 aromatic heterocycles. The summed E-state index contributed by atoms with van der Waals surface area (Å²) in [5.41, 5.74) is -3.20. The molecule has 16 nitrogen and oxygen atoms in total. The summed E-state index contributed by atoms with van der Waals surface area (Å²) in [6.45, 7) is 5.70. The molecule has 17 heteroatoms. The molecule has 0 spiro atoms. The van der Waals surface area contributed by atoms with E-state index in [1.54, 1.807) is 10.6 Å². The van der Waals surface area contributed by atoms with Gasteiger partial charge >= 0.3 is 5.97 Å². The van der Waals surface area contributed by atoms with Crippen molar-refractivity contribution >= 4 is 39.6 Å². The van der Waals surface area contributed by atoms with Crippen molar-refractivity contribution in [2.24, 2.45) is 0 Å². The number of benzene rings is 2. The van der Waals surface area contributed by atoms with Crippen LogP contribution in [-0.4, -0.2) is 63.6 Å². The molecule has 0 radical (unpaired) electrons. The zero-order valence-corrected chi connectivity index (χ0v) is 21.2. The first-order valence-corrected chi connectivity index (χ1v) is 11.7. The van der Waals surface area contributed by atoms with E-state index in [4.69, 9.17) is 0 Å². The highest BCUT2D eigenvalue weighted by molar-refractivity contribution is 5.93. The minimum absolute atomic E-state index is 0.109. The maximum atomic E-state index is 14.6. The number of anilines is 1. The van der Waals surface area contributed by atoms with Crippen LogP contribution >= 0.6 is 0 Å². The van der Waals surface area contributed by atoms with E-state index in [1.807, 2.05) is 11.8 Å². The fraction of sp³-hybridized carbons (Fsp3) is 0.304. The number of rotatable bonds is 6. The summed E-state index contributed by atoms with van der Waals surface area (Å²) < 4.78 is 16.3. The molecule has 4 rings (SSSR count). The number of piperazine rings is 1. The van der Waals surface area contributed by atoms with E-state index >= 15 is 0 Å². The second-order valence-corrected chi connectivity index (χ2v) is 8.81. The zero-order chi connectivity index (χ0) is 29.9. The molecule has 1 fully saturated rings. The Labute approximate surface area is 223 Å². The maximum Gasteiger partial charge on any atom is 0.341 e. The number of carbonyl (C=O) groups is 1. The van der Waals surface area contributed by atoms with E-state index in [0.29, 0.717) is 29.9 Å². The number of nitro benzene ring substituents is 3. The Morgan fingerprint density at radius 1 is 1.02 bits per heavy atom. The molecular weight excluding hydrogens is 539 g/mol. The first-order chi connectivity index (χ1) is 18.8. The molecule has 2 aromatic carbocycles. The number of aryl methyl sites for hydroxylation is 1. The Kier molecular flexibility index (Phi) is 8.58. The summed E-state index contributed by atoms with van der Waals surface area (Å²) in [7, 11) is 2.11. The van der Waals surface area contributed by atoms with Gasteiger partial charge in [0.25, 0.3) is 17.1 Å². The van der Waals surface area contributed by atoms with Crippen LogP contribution in [0.1, 0.15) is 17.3 Å². The van der Waals surface area contributed by atoms with Crippen LogP contribution in [0, 0.1) is 36.2 Å². The van der Waals surface area contributed by atoms with Gasteiger partial charge in [-0.3, -0.25) is 35.1 Å². The molecular formula is C23H23FN6O10. The Bertz CT molecular complexity index is 1550. The first-order valence-electron chi connectivity index (χ1n) is 11.7. The molecule has 2 N–H and O–H groups in total. The van der Waals surface area contributed by atoms with E-state index in [0.717, 1.165) is 26.2 Å². The Morgan fingerprint density at radius 2 is 1.57 bits per heavy atom. The van der Waals surface area contributed by atoms with Crippen LogP contribution in [0.25, 0.3) is 10.9 Å². The number of hydrogen-bond acceptors (Lipinski definition) is 10. The highest BCUT2D eigenvalue weighted by Gasteiger charge is 2.25. The molecule has 0 unspecified atom stereocenters. The van der Waals surface area contributed by atoms with Crippen molar-refractivity contribution in [1.82, 2.24) is 4.57 Å². The second-order valence-electron chi connectivity index (χ2n) is 8.81. The summed E-state index contributed by atoms with van der Waals surface area (Å²) in [6, 6.07) is 3.61. The Morgan fingerprint density at radius 3 is 2.02 bits per heavy atom. The highest BCUT2D eigenvalue weighted by atomic mass is 19.1. The molecule has 212 valence electrons. The van der Waals surface area contributed by atoms with Crippen molar-refractivity contribution in [1.29, 1.82) is 0 Å². The molecule has 2 heterocycles. The average Bonchev–Trinajstić information content (AvgIpc) is 2.89. The number of hydrogen-bond donors (Lipinski definition) is 2. The van der Waals surface area contributed by atoms with Crippen LogP contribution in [0.3, 0.4) is 0 Å². The van der Waals surface area contributed by atoms with Crippen molar-refractivity contribution in [2.75, 3.05) is 38.1 Å². The Balaban J connectivity index is 0.000000241. The number of nitrogens with one attached hydrogen (secondary N) is 1. The number of pyridine rings is 1. The van der Waals surface area contributed by atoms with Gasteiger partial charge in [-0.15, -0.1) is 0 Å². The topological polar surface area (TPSA) is 219 Å². The number of aromatic carboxylic acids is 1. The van der Waals surface area contributed by atoms with Crippen LogP contribution in [-0.2, 0) is 6.54 Å². The second kappa shape index (κ2) is 11.7. The molecule has 0 amide bonds. The summed E-state index contributed by atoms with van der Waals surface area (Å²) in [6.07, 6.45) is 1.34. The van der Waals surface area contributed by atoms with E-state index in [-0.39, 0.29) is 10.9 Å². The molecule has 1 aliphatic heterocycles. The number of aromatic nitrogens is 1. The van der Waals surface area contributed by atoms with Gasteiger partial charge in [-0.2, -0.15) is 0 Å². The van der Waals surface area contributed by atoms with Gasteiger partial charge < -0.3 is 24.6 Å². The van der Waals surface area contributed by atoms with Gasteiger partial charge in [0, 0.05) is 18.1 Å². The SMILES string of the molecule is CCn1cc(C(=O)O)c(=O)c2cc(F)c(N3CC[NH+](C)CC3)cc21.O=[N+]([O-])c1cc([N+](=O)[O-])c([O-])c([N+](=O)[O-])c1. The molecule has 1 saturated heterocycles. The number of non-ortho nitro benzene ring substituents is 1. The summed E-state index contributed by atoms with van der Waals surface area (Å²) in [4.78, 5) is 54.5. The van der Waals surface area contributed by atoms with E-state index < -0.39 is 54.8 Å². The van der Waals surface area contributed by atoms with Crippen LogP contribution < -0.4 is 20.3 Å². The Hall–Kier alpha value is -5.19. The lowest BCUT2D eigenvalue weighted by molar-refractivity contribution is -0.880. The van der Waals surface area contributed by atoms with Gasteiger partial charge in [0.1, 0.15) is 11.4 Å². The number of fused-ring (bicyclic) bond motifs is 1. The smallest absolute Gasteiger partial charge is 0.341 e. The minimum Gasteiger partial charge on any atom is -0.863 e. The van der Waals surface area contributed by atoms with Crippen molar-refractivity contribution in [3.05, 3.63) is 82.4 Å². The zero-order valence-electron chi connectivity index (χ0n) is 21.2. The van der Waals surface area contributed by atoms with Crippen LogP contribution in [0.4, 0.5) is 27.1 Å². The quantitative estimate of drug-likeness (QED) is 0.314. The maximum absolute atomic E-state index is 14.6. The van der Waals surface area contributed by atoms with Crippen molar-refractivity contribution in [3.63, 3.8) is 0 Å². The number of likely N-dealkylation sites (N-methyl/N-ethyl adjacent to an activating group) is 1. The first kappa shape index (κ1) is 29.4. The highest BCUT2D eigenvalue weighted by Crippen LogP contribution is 2.36. The predicted molar refractivity (Wildman–Crippen MR) is 135 cm³/mol. The van der Waals surface area contributed by atoms with Crippen molar-refractivity contribution in [2.45, 2.75) is 13.5 Å². The standard InChI is InChI=1S/C17H20FN3O3.C6H3N3O7/c1-3-20-10-12(17(23)24)16(22)11-8-13(18)15(9-14(11)20)21-6-4-19(2)5-7-21;10-6-4(8(13)14)1-3(7(11)12)2-5(6)9(15)16/h8-10H,3-7H2,1-2H3,(H,23,24);1-2,10H. The molecule has 0 saturated carbocycles. The van der Waals surface area contributed by atoms with Crippen molar-refractivity contribution in [3.8, 4) is 5.75 Å². The third kappa shape index (κ3) is 5.93. The number of halogens is 1. The molecule has 40 heavy (non-hydrogen) atoms. The molecule has 0 atom stereocenters. The number of carboxylic acid groups (broad SMARTS) is 1. The fourth-order valence-corrected chi connectivity index (χ4v) is 4.15. The van der Waals surface area contributed by atoms with Crippen molar-refractivity contribution < 1.29 is 39.1 Å². The molecule has 1 aliphatic rings. The van der Waals surface area contributed by atoms with E-state index in [9.17, 15) is 54.5 Å². The monoisotopic (exact) mass is 562 g/mol. The van der Waals surface area contributed by atoms with E-state index in [1.165, 1.54) is 17.2 Å². The number of quaternary nitrogens is 1. The van der Waals surface area contributed by atoms with Gasteiger partial charge in [-0.1, -0.05) is 0 Å². The molecule has 0 bridgehead atoms. The predicted octanol–water partition coefficient (Wildman–Crippen LogP) is 0.678. The van der Waals surface area contributed by atoms with Crippen LogP contribution in [0.2, 0.25) is 0 Å². The lowest BCUT2D eigenvalue weighted by Crippen LogP contribution is -3.12. The lowest BCUT2D eigenvalue weighted by atomic mass is 10.1. The largest absolute Gasteiger partial charge is 0.863 e. The number of nitro groups is 3. The van der Waals surface area contributed by atoms with Crippen LogP contribution in [0.5, 0.6) is 5.75 Å². The van der Waals surface area contributed by atoms with Gasteiger partial charge in [0.05, 0.1) is 77.1 Å². The minimum atomic E-state index is -1.46. The lowest BCUT2D eigenvalue weighted by Gasteiger charge is -2.32. The van der Waals surface area contributed by atoms with Gasteiger partial charge in [0.15, 0.2) is 0 Å². The van der Waals surface area contributed by atoms with Gasteiger partial charge in [-0.05, 0) is 19.1 Å². The molecule has 0 aliphatic carbocycles. The number of carboxylic acids is 1. The third-order valence-corrected chi connectivity index (χ3v) is 6.32. The summed E-state index contributed by atoms with van der Waals surface area (Å²) in [5, 5.41) is 51.4. The normalized spacial score (nSPS) is 13.4. The summed E-state index contributed by atoms with van der Waals surface area (Å²) >= 11 is 0. The third-order valence-electron chi connectivity index (χ3n) is 6.32. The number of nitrogens with zero attached hydrogens (tertiary/aromatic N) is 5. The van der Waals surface area contributed by atoms with Crippen LogP contribution in [0.15, 0.2) is 35.3 Å². The van der Waals surface area contributed by atoms with Gasteiger partial charge in [0.2, 0.25) is 5.43 Å². The van der Waals surface area contributed by atoms with Gasteiger partial charge in [-0.25, -0.2) is 9.18 Å². The average molecular weight is 562 g/mol.